The average Bonchev–Trinajstić information content (AvgIpc) is 2.70. The third-order valence-electron chi connectivity index (χ3n) is 5.60. The van der Waals surface area contributed by atoms with Gasteiger partial charge >= 0.3 is 0 Å². The Labute approximate surface area is 173 Å². The predicted molar refractivity (Wildman–Crippen MR) is 108 cm³/mol. The van der Waals surface area contributed by atoms with Crippen molar-refractivity contribution in [3.05, 3.63) is 65.2 Å². The summed E-state index contributed by atoms with van der Waals surface area (Å²) in [7, 11) is 1.21. The van der Waals surface area contributed by atoms with E-state index in [2.05, 4.69) is 15.0 Å². The van der Waals surface area contributed by atoms with Crippen molar-refractivity contribution in [3.63, 3.8) is 0 Å². The predicted octanol–water partition coefficient (Wildman–Crippen LogP) is 4.92. The standard InChI is InChI=1S/C23H23F3N2O2/c1-3-13-6-20(24)19(17-4-5-27-11-18(13)17)12-28-14-7-15(8-14)30-16-9-21(25)23(29-2)22(26)10-16/h4-6,9-11,14-15,28H,3,7-8,12H2,1-2H3. The van der Waals surface area contributed by atoms with Gasteiger partial charge < -0.3 is 14.8 Å². The quantitative estimate of drug-likeness (QED) is 0.594. The van der Waals surface area contributed by atoms with Gasteiger partial charge in [0.2, 0.25) is 0 Å². The molecule has 7 heteroatoms. The molecule has 0 spiro atoms. The largest absolute Gasteiger partial charge is 0.491 e. The zero-order valence-electron chi connectivity index (χ0n) is 16.8. The van der Waals surface area contributed by atoms with Crippen LogP contribution in [-0.2, 0) is 13.0 Å². The van der Waals surface area contributed by atoms with Crippen molar-refractivity contribution in [2.45, 2.75) is 44.9 Å². The monoisotopic (exact) mass is 416 g/mol. The Hall–Kier alpha value is -2.80. The lowest BCUT2D eigenvalue weighted by molar-refractivity contribution is 0.0834. The number of pyridine rings is 1. The fourth-order valence-electron chi connectivity index (χ4n) is 3.90. The molecule has 4 nitrogen and oxygen atoms in total. The summed E-state index contributed by atoms with van der Waals surface area (Å²) in [6, 6.07) is 5.81. The summed E-state index contributed by atoms with van der Waals surface area (Å²) in [6.45, 7) is 2.38. The fourth-order valence-corrected chi connectivity index (χ4v) is 3.90. The molecule has 158 valence electrons. The van der Waals surface area contributed by atoms with Crippen LogP contribution in [0.1, 0.15) is 30.9 Å². The number of aryl methyl sites for hydroxylation is 1. The second-order valence-corrected chi connectivity index (χ2v) is 7.48. The molecule has 0 aliphatic heterocycles. The van der Waals surface area contributed by atoms with E-state index >= 15 is 0 Å². The summed E-state index contributed by atoms with van der Waals surface area (Å²) in [5, 5.41) is 5.19. The molecule has 2 aromatic carbocycles. The van der Waals surface area contributed by atoms with Gasteiger partial charge in [0.25, 0.3) is 0 Å². The van der Waals surface area contributed by atoms with Gasteiger partial charge in [-0.1, -0.05) is 6.92 Å². The van der Waals surface area contributed by atoms with Gasteiger partial charge in [-0.25, -0.2) is 13.2 Å². The number of methoxy groups -OCH3 is 1. The van der Waals surface area contributed by atoms with Gasteiger partial charge in [-0.05, 0) is 42.3 Å². The molecule has 1 heterocycles. The number of hydrogen-bond acceptors (Lipinski definition) is 4. The number of hydrogen-bond donors (Lipinski definition) is 1. The summed E-state index contributed by atoms with van der Waals surface area (Å²) >= 11 is 0. The lowest BCUT2D eigenvalue weighted by atomic mass is 9.88. The molecule has 0 amide bonds. The molecule has 4 rings (SSSR count). The van der Waals surface area contributed by atoms with Crippen LogP contribution < -0.4 is 14.8 Å². The van der Waals surface area contributed by atoms with Gasteiger partial charge in [0.05, 0.1) is 7.11 Å². The van der Waals surface area contributed by atoms with Crippen LogP contribution in [0.15, 0.2) is 36.7 Å². The van der Waals surface area contributed by atoms with Crippen LogP contribution in [0.3, 0.4) is 0 Å². The van der Waals surface area contributed by atoms with E-state index in [9.17, 15) is 13.2 Å². The number of fused-ring (bicyclic) bond motifs is 1. The Balaban J connectivity index is 1.37. The molecule has 30 heavy (non-hydrogen) atoms. The molecule has 1 aliphatic rings. The Morgan fingerprint density at radius 2 is 1.80 bits per heavy atom. The summed E-state index contributed by atoms with van der Waals surface area (Å²) < 4.78 is 52.6. The molecule has 0 unspecified atom stereocenters. The Bertz CT molecular complexity index is 1040. The van der Waals surface area contributed by atoms with E-state index in [0.29, 0.717) is 24.9 Å². The van der Waals surface area contributed by atoms with Gasteiger partial charge in [0.1, 0.15) is 17.7 Å². The molecule has 1 fully saturated rings. The average molecular weight is 416 g/mol. The summed E-state index contributed by atoms with van der Waals surface area (Å²) in [4.78, 5) is 4.17. The van der Waals surface area contributed by atoms with Crippen molar-refractivity contribution in [2.75, 3.05) is 7.11 Å². The molecule has 1 aliphatic carbocycles. The van der Waals surface area contributed by atoms with Crippen LogP contribution in [-0.4, -0.2) is 24.2 Å². The van der Waals surface area contributed by atoms with Gasteiger partial charge in [-0.2, -0.15) is 0 Å². The summed E-state index contributed by atoms with van der Waals surface area (Å²) in [6.07, 6.45) is 5.37. The minimum atomic E-state index is -0.797. The zero-order valence-corrected chi connectivity index (χ0v) is 16.8. The minimum absolute atomic E-state index is 0.133. The van der Waals surface area contributed by atoms with E-state index in [4.69, 9.17) is 4.74 Å². The number of ether oxygens (including phenoxy) is 2. The Morgan fingerprint density at radius 3 is 2.47 bits per heavy atom. The first-order valence-corrected chi connectivity index (χ1v) is 9.97. The molecule has 0 saturated heterocycles. The molecule has 0 atom stereocenters. The smallest absolute Gasteiger partial charge is 0.190 e. The van der Waals surface area contributed by atoms with E-state index in [0.717, 1.165) is 34.9 Å². The highest BCUT2D eigenvalue weighted by Crippen LogP contribution is 2.32. The van der Waals surface area contributed by atoms with Crippen LogP contribution >= 0.6 is 0 Å². The number of halogens is 3. The first-order valence-electron chi connectivity index (χ1n) is 9.97. The van der Waals surface area contributed by atoms with Crippen molar-refractivity contribution >= 4 is 10.8 Å². The lowest BCUT2D eigenvalue weighted by Gasteiger charge is -2.36. The normalized spacial score (nSPS) is 18.3. The van der Waals surface area contributed by atoms with Crippen molar-refractivity contribution in [1.82, 2.24) is 10.3 Å². The molecule has 1 saturated carbocycles. The van der Waals surface area contributed by atoms with Crippen molar-refractivity contribution in [3.8, 4) is 11.5 Å². The van der Waals surface area contributed by atoms with E-state index in [1.165, 1.54) is 7.11 Å². The maximum atomic E-state index is 14.7. The number of nitrogens with one attached hydrogen (secondary N) is 1. The third kappa shape index (κ3) is 3.94. The second kappa shape index (κ2) is 8.52. The molecule has 3 aromatic rings. The highest BCUT2D eigenvalue weighted by molar-refractivity contribution is 5.88. The maximum Gasteiger partial charge on any atom is 0.190 e. The summed E-state index contributed by atoms with van der Waals surface area (Å²) in [5.41, 5.74) is 1.56. The van der Waals surface area contributed by atoms with E-state index in [-0.39, 0.29) is 23.7 Å². The highest BCUT2D eigenvalue weighted by atomic mass is 19.1. The first kappa shape index (κ1) is 20.5. The summed E-state index contributed by atoms with van der Waals surface area (Å²) in [5.74, 6) is -2.11. The van der Waals surface area contributed by atoms with Gasteiger partial charge in [0, 0.05) is 48.1 Å². The van der Waals surface area contributed by atoms with Crippen LogP contribution in [0.25, 0.3) is 10.8 Å². The van der Waals surface area contributed by atoms with Crippen LogP contribution in [0.2, 0.25) is 0 Å². The Morgan fingerprint density at radius 1 is 1.07 bits per heavy atom. The number of nitrogens with zero attached hydrogens (tertiary/aromatic N) is 1. The molecule has 1 N–H and O–H groups in total. The third-order valence-corrected chi connectivity index (χ3v) is 5.60. The molecule has 0 radical (unpaired) electrons. The highest BCUT2D eigenvalue weighted by Gasteiger charge is 2.31. The van der Waals surface area contributed by atoms with E-state index in [1.54, 1.807) is 18.5 Å². The zero-order chi connectivity index (χ0) is 21.3. The van der Waals surface area contributed by atoms with Crippen LogP contribution in [0.5, 0.6) is 11.5 Å². The molecule has 0 bridgehead atoms. The fraction of sp³-hybridized carbons (Fsp3) is 0.348. The molecular formula is C23H23F3N2O2. The number of benzene rings is 2. The Kier molecular flexibility index (Phi) is 5.81. The molecular weight excluding hydrogens is 393 g/mol. The van der Waals surface area contributed by atoms with Crippen molar-refractivity contribution < 1.29 is 22.6 Å². The topological polar surface area (TPSA) is 43.4 Å². The van der Waals surface area contributed by atoms with Crippen molar-refractivity contribution in [1.29, 1.82) is 0 Å². The van der Waals surface area contributed by atoms with Crippen LogP contribution in [0.4, 0.5) is 13.2 Å². The second-order valence-electron chi connectivity index (χ2n) is 7.48. The maximum absolute atomic E-state index is 14.7. The number of rotatable bonds is 7. The SMILES string of the molecule is CCc1cc(F)c(CNC2CC(Oc3cc(F)c(OC)c(F)c3)C2)c2ccncc12. The van der Waals surface area contributed by atoms with Gasteiger partial charge in [-0.3, -0.25) is 4.98 Å². The van der Waals surface area contributed by atoms with E-state index < -0.39 is 17.4 Å². The van der Waals surface area contributed by atoms with Gasteiger partial charge in [0.15, 0.2) is 17.4 Å². The minimum Gasteiger partial charge on any atom is -0.491 e. The van der Waals surface area contributed by atoms with Crippen molar-refractivity contribution in [2.24, 2.45) is 0 Å². The van der Waals surface area contributed by atoms with E-state index in [1.807, 2.05) is 13.0 Å². The first-order chi connectivity index (χ1) is 14.5. The van der Waals surface area contributed by atoms with Crippen LogP contribution in [0, 0.1) is 17.5 Å². The number of aromatic nitrogens is 1. The lowest BCUT2D eigenvalue weighted by Crippen LogP contribution is -2.46. The molecule has 1 aromatic heterocycles. The van der Waals surface area contributed by atoms with Gasteiger partial charge in [-0.15, -0.1) is 0 Å².